The molecule has 0 spiro atoms. The van der Waals surface area contributed by atoms with E-state index in [9.17, 15) is 4.57 Å². The molecular weight excluding hydrogens is 254 g/mol. The lowest BCUT2D eigenvalue weighted by molar-refractivity contribution is 0.412. The minimum absolute atomic E-state index is 0. The molecule has 0 saturated heterocycles. The minimum atomic E-state index is -2.96. The predicted molar refractivity (Wildman–Crippen MR) is 81.9 cm³/mol. The van der Waals surface area contributed by atoms with Gasteiger partial charge in [-0.25, -0.2) is 0 Å². The summed E-state index contributed by atoms with van der Waals surface area (Å²) in [6, 6.07) is 17.2. The Labute approximate surface area is 116 Å². The Kier molecular flexibility index (Phi) is 5.59. The second-order valence-electron chi connectivity index (χ2n) is 4.05. The summed E-state index contributed by atoms with van der Waals surface area (Å²) in [5, 5.41) is 1.55. The van der Waals surface area contributed by atoms with E-state index in [4.69, 9.17) is 4.52 Å². The Morgan fingerprint density at radius 2 is 1.58 bits per heavy atom. The van der Waals surface area contributed by atoms with Crippen molar-refractivity contribution in [3.8, 4) is 0 Å². The van der Waals surface area contributed by atoms with Crippen molar-refractivity contribution < 1.29 is 9.09 Å². The zero-order valence-corrected chi connectivity index (χ0v) is 12.1. The molecular formula is C15H17BO2P. The standard InChI is InChI=1S/C15H17O2P.B/c1-3-13-9-7-8-12-15(13)18(16,17-2)14-10-5-4-6-11-14;/h4-12H,3H2,1-2H3;. The topological polar surface area (TPSA) is 26.3 Å². The van der Waals surface area contributed by atoms with Gasteiger partial charge in [0.1, 0.15) is 0 Å². The third kappa shape index (κ3) is 2.99. The van der Waals surface area contributed by atoms with Gasteiger partial charge in [-0.1, -0.05) is 43.3 Å². The predicted octanol–water partition coefficient (Wildman–Crippen LogP) is 2.74. The Hall–Kier alpha value is -1.31. The summed E-state index contributed by atoms with van der Waals surface area (Å²) in [6.07, 6.45) is 0.844. The van der Waals surface area contributed by atoms with E-state index >= 15 is 0 Å². The van der Waals surface area contributed by atoms with Crippen LogP contribution in [0, 0.1) is 0 Å². The fourth-order valence-electron chi connectivity index (χ4n) is 2.06. The van der Waals surface area contributed by atoms with Crippen LogP contribution < -0.4 is 10.6 Å². The molecule has 0 aliphatic carbocycles. The van der Waals surface area contributed by atoms with E-state index in [-0.39, 0.29) is 8.41 Å². The fourth-order valence-corrected chi connectivity index (χ4v) is 4.21. The van der Waals surface area contributed by atoms with E-state index in [0.717, 1.165) is 22.6 Å². The number of benzene rings is 2. The molecule has 19 heavy (non-hydrogen) atoms. The van der Waals surface area contributed by atoms with Gasteiger partial charge in [-0.15, -0.1) is 0 Å². The quantitative estimate of drug-likeness (QED) is 0.631. The molecule has 0 bridgehead atoms. The molecule has 1 atom stereocenters. The largest absolute Gasteiger partial charge is 0.325 e. The smallest absolute Gasteiger partial charge is 0.261 e. The van der Waals surface area contributed by atoms with Crippen molar-refractivity contribution in [2.24, 2.45) is 0 Å². The fraction of sp³-hybridized carbons (Fsp3) is 0.200. The SMILES string of the molecule is CCc1ccccc1P(=O)(OC)c1ccccc1.[B]. The van der Waals surface area contributed by atoms with Gasteiger partial charge in [0, 0.05) is 26.1 Å². The van der Waals surface area contributed by atoms with Gasteiger partial charge in [0.15, 0.2) is 0 Å². The molecule has 0 fully saturated rings. The van der Waals surface area contributed by atoms with Gasteiger partial charge in [-0.2, -0.15) is 0 Å². The molecule has 0 aliphatic rings. The highest BCUT2D eigenvalue weighted by Gasteiger charge is 2.28. The molecule has 97 valence electrons. The lowest BCUT2D eigenvalue weighted by Crippen LogP contribution is -2.20. The van der Waals surface area contributed by atoms with Crippen LogP contribution in [0.15, 0.2) is 54.6 Å². The Morgan fingerprint density at radius 3 is 2.16 bits per heavy atom. The summed E-state index contributed by atoms with van der Waals surface area (Å²) >= 11 is 0. The maximum Gasteiger partial charge on any atom is 0.261 e. The van der Waals surface area contributed by atoms with Crippen LogP contribution in [-0.4, -0.2) is 15.5 Å². The van der Waals surface area contributed by atoms with Gasteiger partial charge in [-0.05, 0) is 30.2 Å². The van der Waals surface area contributed by atoms with Crippen molar-refractivity contribution in [1.82, 2.24) is 0 Å². The highest BCUT2D eigenvalue weighted by atomic mass is 31.2. The molecule has 3 radical (unpaired) electrons. The molecule has 0 saturated carbocycles. The zero-order chi connectivity index (χ0) is 13.0. The van der Waals surface area contributed by atoms with Crippen LogP contribution in [0.25, 0.3) is 0 Å². The highest BCUT2D eigenvalue weighted by molar-refractivity contribution is 7.74. The summed E-state index contributed by atoms with van der Waals surface area (Å²) in [5.74, 6) is 0. The lowest BCUT2D eigenvalue weighted by Gasteiger charge is -2.19. The summed E-state index contributed by atoms with van der Waals surface area (Å²) in [6.45, 7) is 2.06. The molecule has 1 unspecified atom stereocenters. The molecule has 0 amide bonds. The minimum Gasteiger partial charge on any atom is -0.325 e. The van der Waals surface area contributed by atoms with Crippen LogP contribution in [0.5, 0.6) is 0 Å². The number of rotatable bonds is 4. The number of hydrogen-bond donors (Lipinski definition) is 0. The van der Waals surface area contributed by atoms with Gasteiger partial charge < -0.3 is 4.52 Å². The summed E-state index contributed by atoms with van der Waals surface area (Å²) in [7, 11) is -1.45. The molecule has 0 aliphatic heterocycles. The van der Waals surface area contributed by atoms with E-state index < -0.39 is 7.37 Å². The molecule has 0 aromatic heterocycles. The first kappa shape index (κ1) is 15.8. The first-order valence-corrected chi connectivity index (χ1v) is 7.64. The normalized spacial score (nSPS) is 13.4. The van der Waals surface area contributed by atoms with Crippen molar-refractivity contribution in [1.29, 1.82) is 0 Å². The van der Waals surface area contributed by atoms with Crippen LogP contribution in [0.3, 0.4) is 0 Å². The molecule has 2 rings (SSSR count). The lowest BCUT2D eigenvalue weighted by atomic mass is 10.2. The maximum atomic E-state index is 13.1. The molecule has 4 heteroatoms. The van der Waals surface area contributed by atoms with E-state index in [1.54, 1.807) is 0 Å². The second kappa shape index (κ2) is 6.74. The molecule has 0 heterocycles. The van der Waals surface area contributed by atoms with Crippen LogP contribution in [0.1, 0.15) is 12.5 Å². The number of hydrogen-bond acceptors (Lipinski definition) is 2. The monoisotopic (exact) mass is 271 g/mol. The summed E-state index contributed by atoms with van der Waals surface area (Å²) in [5.41, 5.74) is 1.08. The van der Waals surface area contributed by atoms with Crippen molar-refractivity contribution in [2.45, 2.75) is 13.3 Å². The van der Waals surface area contributed by atoms with Crippen molar-refractivity contribution in [3.05, 3.63) is 60.2 Å². The van der Waals surface area contributed by atoms with Gasteiger partial charge in [0.2, 0.25) is 0 Å². The molecule has 2 aromatic rings. The van der Waals surface area contributed by atoms with Gasteiger partial charge in [0.25, 0.3) is 7.37 Å². The van der Waals surface area contributed by atoms with Crippen molar-refractivity contribution in [2.75, 3.05) is 7.11 Å². The van der Waals surface area contributed by atoms with E-state index in [2.05, 4.69) is 6.92 Å². The highest BCUT2D eigenvalue weighted by Crippen LogP contribution is 2.44. The molecule has 2 aromatic carbocycles. The Bertz CT molecular complexity index is 569. The molecule has 2 nitrogen and oxygen atoms in total. The first-order valence-electron chi connectivity index (χ1n) is 6.02. The Balaban J connectivity index is 0.00000180. The maximum absolute atomic E-state index is 13.1. The van der Waals surface area contributed by atoms with Gasteiger partial charge in [0.05, 0.1) is 0 Å². The average molecular weight is 271 g/mol. The first-order chi connectivity index (χ1) is 8.72. The summed E-state index contributed by atoms with van der Waals surface area (Å²) in [4.78, 5) is 0. The van der Waals surface area contributed by atoms with E-state index in [0.29, 0.717) is 0 Å². The zero-order valence-electron chi connectivity index (χ0n) is 11.2. The van der Waals surface area contributed by atoms with Crippen LogP contribution in [0.2, 0.25) is 0 Å². The Morgan fingerprint density at radius 1 is 1.00 bits per heavy atom. The second-order valence-corrected chi connectivity index (χ2v) is 6.52. The van der Waals surface area contributed by atoms with Crippen LogP contribution >= 0.6 is 7.37 Å². The van der Waals surface area contributed by atoms with Crippen LogP contribution in [-0.2, 0) is 15.5 Å². The van der Waals surface area contributed by atoms with Gasteiger partial charge >= 0.3 is 0 Å². The third-order valence-electron chi connectivity index (χ3n) is 3.04. The van der Waals surface area contributed by atoms with Crippen molar-refractivity contribution >= 4 is 26.4 Å². The van der Waals surface area contributed by atoms with Gasteiger partial charge in [-0.3, -0.25) is 4.57 Å². The number of aryl methyl sites for hydroxylation is 1. The third-order valence-corrected chi connectivity index (χ3v) is 5.61. The van der Waals surface area contributed by atoms with Crippen LogP contribution in [0.4, 0.5) is 0 Å². The van der Waals surface area contributed by atoms with E-state index in [1.807, 2.05) is 54.6 Å². The average Bonchev–Trinajstić information content (AvgIpc) is 2.47. The van der Waals surface area contributed by atoms with E-state index in [1.165, 1.54) is 7.11 Å². The van der Waals surface area contributed by atoms with Crippen molar-refractivity contribution in [3.63, 3.8) is 0 Å². The molecule has 0 N–H and O–H groups in total. The summed E-state index contributed by atoms with van der Waals surface area (Å²) < 4.78 is 18.6.